The quantitative estimate of drug-likeness (QED) is 0.806. The number of thioether (sulfide) groups is 1. The van der Waals surface area contributed by atoms with Crippen LogP contribution >= 0.6 is 11.8 Å². The van der Waals surface area contributed by atoms with E-state index in [1.54, 1.807) is 11.8 Å². The maximum absolute atomic E-state index is 5.61. The number of benzene rings is 1. The fourth-order valence-electron chi connectivity index (χ4n) is 1.72. The number of nitrogens with one attached hydrogen (secondary N) is 1. The molecule has 17 heavy (non-hydrogen) atoms. The zero-order valence-corrected chi connectivity index (χ0v) is 11.2. The number of hydrogen-bond acceptors (Lipinski definition) is 3. The summed E-state index contributed by atoms with van der Waals surface area (Å²) in [5.74, 6) is 1.92. The Kier molecular flexibility index (Phi) is 3.79. The van der Waals surface area contributed by atoms with E-state index in [0.717, 1.165) is 17.2 Å². The van der Waals surface area contributed by atoms with Gasteiger partial charge in [0, 0.05) is 10.6 Å². The molecule has 1 unspecified atom stereocenters. The summed E-state index contributed by atoms with van der Waals surface area (Å²) in [7, 11) is 0. The van der Waals surface area contributed by atoms with Crippen LogP contribution in [0.5, 0.6) is 0 Å². The van der Waals surface area contributed by atoms with E-state index in [4.69, 9.17) is 4.42 Å². The summed E-state index contributed by atoms with van der Waals surface area (Å²) in [6.45, 7) is 4.06. The SMILES string of the molecule is CSc1cccc(NC(C)c2ccc(C)o2)c1. The van der Waals surface area contributed by atoms with Crippen molar-refractivity contribution in [1.29, 1.82) is 0 Å². The minimum absolute atomic E-state index is 0.181. The number of anilines is 1. The van der Waals surface area contributed by atoms with Gasteiger partial charge in [0.2, 0.25) is 0 Å². The molecule has 0 saturated carbocycles. The van der Waals surface area contributed by atoms with Crippen LogP contribution < -0.4 is 5.32 Å². The lowest BCUT2D eigenvalue weighted by Crippen LogP contribution is -2.05. The molecule has 0 spiro atoms. The van der Waals surface area contributed by atoms with E-state index >= 15 is 0 Å². The molecule has 0 saturated heterocycles. The van der Waals surface area contributed by atoms with Crippen LogP contribution in [0, 0.1) is 6.92 Å². The van der Waals surface area contributed by atoms with Gasteiger partial charge in [-0.1, -0.05) is 6.07 Å². The average Bonchev–Trinajstić information content (AvgIpc) is 2.76. The first kappa shape index (κ1) is 12.1. The summed E-state index contributed by atoms with van der Waals surface area (Å²) in [5.41, 5.74) is 1.12. The van der Waals surface area contributed by atoms with Crippen molar-refractivity contribution in [2.24, 2.45) is 0 Å². The Hall–Kier alpha value is -1.35. The minimum Gasteiger partial charge on any atom is -0.464 e. The van der Waals surface area contributed by atoms with Gasteiger partial charge in [0.25, 0.3) is 0 Å². The zero-order chi connectivity index (χ0) is 12.3. The summed E-state index contributed by atoms with van der Waals surface area (Å²) in [5, 5.41) is 3.44. The molecule has 1 aromatic carbocycles. The fourth-order valence-corrected chi connectivity index (χ4v) is 2.18. The van der Waals surface area contributed by atoms with Gasteiger partial charge >= 0.3 is 0 Å². The van der Waals surface area contributed by atoms with Crippen molar-refractivity contribution in [3.8, 4) is 0 Å². The average molecular weight is 247 g/mol. The fraction of sp³-hybridized carbons (Fsp3) is 0.286. The Morgan fingerprint density at radius 3 is 2.71 bits per heavy atom. The van der Waals surface area contributed by atoms with E-state index in [1.807, 2.05) is 19.1 Å². The van der Waals surface area contributed by atoms with Gasteiger partial charge in [-0.05, 0) is 50.4 Å². The molecule has 2 aromatic rings. The van der Waals surface area contributed by atoms with Crippen LogP contribution in [0.25, 0.3) is 0 Å². The van der Waals surface area contributed by atoms with Crippen LogP contribution in [0.3, 0.4) is 0 Å². The molecule has 0 aliphatic heterocycles. The van der Waals surface area contributed by atoms with E-state index < -0.39 is 0 Å². The smallest absolute Gasteiger partial charge is 0.126 e. The van der Waals surface area contributed by atoms with Crippen molar-refractivity contribution in [1.82, 2.24) is 0 Å². The van der Waals surface area contributed by atoms with E-state index in [2.05, 4.69) is 42.8 Å². The van der Waals surface area contributed by atoms with E-state index in [9.17, 15) is 0 Å². The molecule has 90 valence electrons. The first-order chi connectivity index (χ1) is 8.19. The van der Waals surface area contributed by atoms with Gasteiger partial charge < -0.3 is 9.73 Å². The molecule has 2 rings (SSSR count). The zero-order valence-electron chi connectivity index (χ0n) is 10.4. The lowest BCUT2D eigenvalue weighted by molar-refractivity contribution is 0.467. The van der Waals surface area contributed by atoms with Crippen LogP contribution in [-0.4, -0.2) is 6.26 Å². The van der Waals surface area contributed by atoms with Gasteiger partial charge in [-0.15, -0.1) is 11.8 Å². The van der Waals surface area contributed by atoms with Crippen LogP contribution in [0.1, 0.15) is 24.5 Å². The molecule has 1 N–H and O–H groups in total. The molecular weight excluding hydrogens is 230 g/mol. The molecule has 1 heterocycles. The Balaban J connectivity index is 2.09. The van der Waals surface area contributed by atoms with Gasteiger partial charge in [0.05, 0.1) is 6.04 Å². The molecule has 1 atom stereocenters. The van der Waals surface area contributed by atoms with Gasteiger partial charge in [0.15, 0.2) is 0 Å². The second-order valence-electron chi connectivity index (χ2n) is 4.05. The maximum Gasteiger partial charge on any atom is 0.126 e. The van der Waals surface area contributed by atoms with Crippen molar-refractivity contribution in [2.75, 3.05) is 11.6 Å². The molecular formula is C14H17NOS. The summed E-state index contributed by atoms with van der Waals surface area (Å²) in [4.78, 5) is 1.26. The lowest BCUT2D eigenvalue weighted by Gasteiger charge is -2.13. The molecule has 0 amide bonds. The molecule has 0 fully saturated rings. The van der Waals surface area contributed by atoms with Crippen molar-refractivity contribution in [3.63, 3.8) is 0 Å². The Bertz CT molecular complexity index is 492. The Morgan fingerprint density at radius 1 is 1.24 bits per heavy atom. The molecule has 0 radical (unpaired) electrons. The maximum atomic E-state index is 5.61. The normalized spacial score (nSPS) is 12.4. The molecule has 0 bridgehead atoms. The number of aryl methyl sites for hydroxylation is 1. The third-order valence-corrected chi connectivity index (χ3v) is 3.37. The van der Waals surface area contributed by atoms with Crippen LogP contribution in [0.4, 0.5) is 5.69 Å². The van der Waals surface area contributed by atoms with Crippen LogP contribution in [0.2, 0.25) is 0 Å². The Labute approximate surface area is 106 Å². The second-order valence-corrected chi connectivity index (χ2v) is 4.93. The Morgan fingerprint density at radius 2 is 2.06 bits per heavy atom. The molecule has 0 aliphatic carbocycles. The highest BCUT2D eigenvalue weighted by Gasteiger charge is 2.09. The molecule has 0 aliphatic rings. The predicted octanol–water partition coefficient (Wildman–Crippen LogP) is 4.48. The standard InChI is InChI=1S/C14H17NOS/c1-10-7-8-14(16-10)11(2)15-12-5-4-6-13(9-12)17-3/h4-9,11,15H,1-3H3. The summed E-state index contributed by atoms with van der Waals surface area (Å²) in [6.07, 6.45) is 2.08. The highest BCUT2D eigenvalue weighted by atomic mass is 32.2. The largest absolute Gasteiger partial charge is 0.464 e. The van der Waals surface area contributed by atoms with Crippen molar-refractivity contribution in [3.05, 3.63) is 47.9 Å². The first-order valence-electron chi connectivity index (χ1n) is 5.66. The van der Waals surface area contributed by atoms with Gasteiger partial charge in [-0.25, -0.2) is 0 Å². The van der Waals surface area contributed by atoms with Gasteiger partial charge in [0.1, 0.15) is 11.5 Å². The third-order valence-electron chi connectivity index (χ3n) is 2.64. The number of furan rings is 1. The highest BCUT2D eigenvalue weighted by molar-refractivity contribution is 7.98. The van der Waals surface area contributed by atoms with Gasteiger partial charge in [-0.2, -0.15) is 0 Å². The summed E-state index contributed by atoms with van der Waals surface area (Å²) < 4.78 is 5.61. The third kappa shape index (κ3) is 3.07. The number of hydrogen-bond donors (Lipinski definition) is 1. The van der Waals surface area contributed by atoms with Gasteiger partial charge in [-0.3, -0.25) is 0 Å². The van der Waals surface area contributed by atoms with Crippen LogP contribution in [-0.2, 0) is 0 Å². The predicted molar refractivity (Wildman–Crippen MR) is 73.7 cm³/mol. The summed E-state index contributed by atoms with van der Waals surface area (Å²) >= 11 is 1.75. The minimum atomic E-state index is 0.181. The molecule has 2 nitrogen and oxygen atoms in total. The molecule has 1 aromatic heterocycles. The van der Waals surface area contributed by atoms with E-state index in [1.165, 1.54) is 4.90 Å². The van der Waals surface area contributed by atoms with Crippen LogP contribution in [0.15, 0.2) is 45.7 Å². The van der Waals surface area contributed by atoms with Crippen molar-refractivity contribution < 1.29 is 4.42 Å². The van der Waals surface area contributed by atoms with Crippen molar-refractivity contribution in [2.45, 2.75) is 24.8 Å². The highest BCUT2D eigenvalue weighted by Crippen LogP contribution is 2.24. The van der Waals surface area contributed by atoms with E-state index in [0.29, 0.717) is 0 Å². The first-order valence-corrected chi connectivity index (χ1v) is 6.88. The van der Waals surface area contributed by atoms with E-state index in [-0.39, 0.29) is 6.04 Å². The monoisotopic (exact) mass is 247 g/mol. The topological polar surface area (TPSA) is 25.2 Å². The second kappa shape index (κ2) is 5.32. The lowest BCUT2D eigenvalue weighted by atomic mass is 10.2. The summed E-state index contributed by atoms with van der Waals surface area (Å²) in [6, 6.07) is 12.6. The molecule has 3 heteroatoms. The number of rotatable bonds is 4. The van der Waals surface area contributed by atoms with Crippen molar-refractivity contribution >= 4 is 17.4 Å².